The zero-order valence-corrected chi connectivity index (χ0v) is 69.1. The zero-order chi connectivity index (χ0) is 82.7. The Bertz CT molecular complexity index is 7370. The Kier molecular flexibility index (Phi) is 17.4. The molecule has 8 nitrogen and oxygen atoms in total. The van der Waals surface area contributed by atoms with E-state index in [1.165, 1.54) is 132 Å². The third-order valence-electron chi connectivity index (χ3n) is 26.1. The molecule has 0 radical (unpaired) electrons. The molecule has 0 bridgehead atoms. The molecule has 0 amide bonds. The van der Waals surface area contributed by atoms with Crippen molar-refractivity contribution in [2.24, 2.45) is 0 Å². The van der Waals surface area contributed by atoms with Crippen LogP contribution in [0.15, 0.2) is 438 Å². The molecule has 24 rings (SSSR count). The number of hydrogen-bond acceptors (Lipinski definition) is 4. The second-order valence-electron chi connectivity index (χ2n) is 33.8. The molecule has 588 valence electrons. The van der Waals surface area contributed by atoms with Crippen molar-refractivity contribution in [1.82, 2.24) is 28.2 Å². The molecular weight excluding hydrogens is 1510 g/mol. The molecule has 0 unspecified atom stereocenters. The van der Waals surface area contributed by atoms with Crippen molar-refractivity contribution in [1.29, 1.82) is 0 Å². The number of para-hydroxylation sites is 4. The second-order valence-corrected chi connectivity index (χ2v) is 33.8. The molecule has 0 saturated heterocycles. The van der Waals surface area contributed by atoms with Gasteiger partial charge in [-0.05, 0) is 265 Å². The first-order valence-electron chi connectivity index (χ1n) is 42.7. The molecule has 0 aliphatic heterocycles. The van der Waals surface area contributed by atoms with Crippen molar-refractivity contribution < 1.29 is 0 Å². The molecule has 16 aromatic carbocycles. The van der Waals surface area contributed by atoms with Gasteiger partial charge in [-0.3, -0.25) is 9.97 Å². The van der Waals surface area contributed by atoms with Gasteiger partial charge >= 0.3 is 0 Å². The maximum Gasteiger partial charge on any atom is 0.0788 e. The fourth-order valence-corrected chi connectivity index (χ4v) is 20.0. The van der Waals surface area contributed by atoms with Crippen LogP contribution in [0.4, 0.5) is 34.1 Å². The second kappa shape index (κ2) is 29.5. The van der Waals surface area contributed by atoms with Crippen molar-refractivity contribution in [2.45, 2.75) is 38.5 Å². The van der Waals surface area contributed by atoms with Crippen molar-refractivity contribution in [2.75, 3.05) is 9.80 Å². The summed E-state index contributed by atoms with van der Waals surface area (Å²) >= 11 is 0. The number of aromatic nitrogens is 6. The molecular formula is C116H84N8. The van der Waals surface area contributed by atoms with E-state index in [1.54, 1.807) is 0 Å². The lowest BCUT2D eigenvalue weighted by molar-refractivity contribution is 0.660. The molecule has 2 aliphatic rings. The van der Waals surface area contributed by atoms with E-state index in [2.05, 4.69) is 472 Å². The summed E-state index contributed by atoms with van der Waals surface area (Å²) in [4.78, 5) is 13.4. The lowest BCUT2D eigenvalue weighted by Gasteiger charge is -2.28. The SMILES string of the molecule is CC1(C)c2ccccc2-c2ccc(N(c3ccc(-c4cccnc4)cc3)c3ccc(-c4ccc5c(c4)c4ccc6ccn(-c7ccccc7)c6c4n5-c4ccccc4)cc3)cc21.CC1(C)c2ccccc2-c2ccc(N(c3ccc(-c4ccncc4)cc3)c3ccc(-c4ccc5c(c4)c4ccc6ccn(-c7ccccc7)c6c4n5-c4ccccc4)cc3)cc21. The van der Waals surface area contributed by atoms with Gasteiger partial charge in [-0.25, -0.2) is 0 Å². The van der Waals surface area contributed by atoms with Crippen molar-refractivity contribution in [3.63, 3.8) is 0 Å². The molecule has 2 aliphatic carbocycles. The van der Waals surface area contributed by atoms with E-state index in [1.807, 2.05) is 30.9 Å². The van der Waals surface area contributed by atoms with Crippen LogP contribution >= 0.6 is 0 Å². The molecule has 0 spiro atoms. The standard InChI is InChI=1S/2C58H42N4/c1-58(2)53-18-10-9-17-49(53)50-31-29-48(37-54(50)58)61(47-27-21-40(22-28-47)43-12-11-34-59-38-43)46-25-19-39(20-26-46)42-24-32-55-52(36-42)51-30-23-41-33-35-60(44-13-5-3-6-14-44)56(41)57(51)62(55)45-15-7-4-8-16-45;1-58(2)53-16-10-9-15-49(53)50-29-27-48(38-54(50)58)61(46-23-17-39(18-24-46)41-31-34-59-35-32-41)47-25-19-40(20-26-47)43-22-30-55-52(37-43)51-28-21-42-33-36-60(44-11-5-3-6-12-44)56(42)57(51)62(55)45-13-7-4-8-14-45/h2*3-38H,1-2H3. The van der Waals surface area contributed by atoms with Crippen LogP contribution in [-0.2, 0) is 10.8 Å². The van der Waals surface area contributed by atoms with E-state index in [4.69, 9.17) is 0 Å². The van der Waals surface area contributed by atoms with Gasteiger partial charge in [0.15, 0.2) is 0 Å². The first-order valence-corrected chi connectivity index (χ1v) is 42.7. The van der Waals surface area contributed by atoms with E-state index < -0.39 is 0 Å². The number of pyridine rings is 2. The summed E-state index contributed by atoms with van der Waals surface area (Å²) in [7, 11) is 0. The monoisotopic (exact) mass is 1590 g/mol. The first kappa shape index (κ1) is 73.3. The Balaban J connectivity index is 0.000000143. The molecule has 6 aromatic heterocycles. The predicted octanol–water partition coefficient (Wildman–Crippen LogP) is 30.5. The largest absolute Gasteiger partial charge is 0.315 e. The topological polar surface area (TPSA) is 52.0 Å². The highest BCUT2D eigenvalue weighted by atomic mass is 15.2. The third kappa shape index (κ3) is 12.2. The predicted molar refractivity (Wildman–Crippen MR) is 517 cm³/mol. The molecule has 124 heavy (non-hydrogen) atoms. The van der Waals surface area contributed by atoms with Gasteiger partial charge in [-0.2, -0.15) is 0 Å². The number of hydrogen-bond donors (Lipinski definition) is 0. The zero-order valence-electron chi connectivity index (χ0n) is 69.1. The van der Waals surface area contributed by atoms with Crippen LogP contribution in [0.2, 0.25) is 0 Å². The van der Waals surface area contributed by atoms with E-state index >= 15 is 0 Å². The van der Waals surface area contributed by atoms with Crippen LogP contribution in [0, 0.1) is 0 Å². The van der Waals surface area contributed by atoms with E-state index in [0.29, 0.717) is 0 Å². The lowest BCUT2D eigenvalue weighted by Crippen LogP contribution is -2.16. The summed E-state index contributed by atoms with van der Waals surface area (Å²) in [5.41, 5.74) is 38.2. The van der Waals surface area contributed by atoms with E-state index in [-0.39, 0.29) is 10.8 Å². The summed E-state index contributed by atoms with van der Waals surface area (Å²) in [6, 6.07) is 146. The highest BCUT2D eigenvalue weighted by Crippen LogP contribution is 2.54. The minimum atomic E-state index is -0.111. The Morgan fingerprint density at radius 2 is 0.573 bits per heavy atom. The van der Waals surface area contributed by atoms with Gasteiger partial charge in [0.05, 0.1) is 33.1 Å². The fourth-order valence-electron chi connectivity index (χ4n) is 20.0. The Labute approximate surface area is 720 Å². The average molecular weight is 1590 g/mol. The van der Waals surface area contributed by atoms with Crippen molar-refractivity contribution in [3.8, 4) is 89.5 Å². The quantitative estimate of drug-likeness (QED) is 0.109. The fraction of sp³-hybridized carbons (Fsp3) is 0.0517. The average Bonchev–Trinajstić information content (AvgIpc) is 1.57. The van der Waals surface area contributed by atoms with E-state index in [9.17, 15) is 0 Å². The summed E-state index contributed by atoms with van der Waals surface area (Å²) in [6.45, 7) is 9.39. The number of rotatable bonds is 14. The number of benzene rings is 16. The summed E-state index contributed by atoms with van der Waals surface area (Å²) in [5.74, 6) is 0. The van der Waals surface area contributed by atoms with Gasteiger partial charge in [0, 0.05) is 137 Å². The van der Waals surface area contributed by atoms with Crippen LogP contribution in [0.1, 0.15) is 49.9 Å². The van der Waals surface area contributed by atoms with Crippen LogP contribution in [0.5, 0.6) is 0 Å². The van der Waals surface area contributed by atoms with Gasteiger partial charge in [-0.1, -0.05) is 252 Å². The number of nitrogens with zero attached hydrogens (tertiary/aromatic N) is 8. The lowest BCUT2D eigenvalue weighted by atomic mass is 9.82. The molecule has 22 aromatic rings. The first-order chi connectivity index (χ1) is 61.0. The molecule has 6 heterocycles. The molecule has 0 fully saturated rings. The summed E-state index contributed by atoms with van der Waals surface area (Å²) < 4.78 is 9.53. The van der Waals surface area contributed by atoms with Gasteiger partial charge in [0.2, 0.25) is 0 Å². The highest BCUT2D eigenvalue weighted by molar-refractivity contribution is 6.20. The normalized spacial score (nSPS) is 12.8. The van der Waals surface area contributed by atoms with Crippen molar-refractivity contribution in [3.05, 3.63) is 460 Å². The number of fused-ring (bicyclic) bond motifs is 16. The van der Waals surface area contributed by atoms with Gasteiger partial charge in [-0.15, -0.1) is 0 Å². The minimum Gasteiger partial charge on any atom is -0.315 e. The summed E-state index contributed by atoms with van der Waals surface area (Å²) in [6.07, 6.45) is 11.8. The Morgan fingerprint density at radius 1 is 0.226 bits per heavy atom. The molecule has 0 N–H and O–H groups in total. The molecule has 8 heteroatoms. The van der Waals surface area contributed by atoms with Crippen LogP contribution < -0.4 is 9.80 Å². The minimum absolute atomic E-state index is 0.110. The Morgan fingerprint density at radius 3 is 0.976 bits per heavy atom. The smallest absolute Gasteiger partial charge is 0.0788 e. The summed E-state index contributed by atoms with van der Waals surface area (Å²) in [5, 5.41) is 7.34. The highest BCUT2D eigenvalue weighted by Gasteiger charge is 2.38. The third-order valence-corrected chi connectivity index (χ3v) is 26.1. The Hall–Kier alpha value is -15.9. The van der Waals surface area contributed by atoms with E-state index in [0.717, 1.165) is 79.1 Å². The van der Waals surface area contributed by atoms with Crippen LogP contribution in [-0.4, -0.2) is 28.2 Å². The van der Waals surface area contributed by atoms with Gasteiger partial charge in [0.25, 0.3) is 0 Å². The van der Waals surface area contributed by atoms with Gasteiger partial charge in [0.1, 0.15) is 0 Å². The molecule has 0 saturated carbocycles. The van der Waals surface area contributed by atoms with Crippen molar-refractivity contribution >= 4 is 99.5 Å². The number of anilines is 6. The maximum absolute atomic E-state index is 4.37. The maximum atomic E-state index is 4.37. The van der Waals surface area contributed by atoms with Crippen LogP contribution in [0.3, 0.4) is 0 Å². The molecule has 0 atom stereocenters. The van der Waals surface area contributed by atoms with Crippen LogP contribution in [0.25, 0.3) is 155 Å². The van der Waals surface area contributed by atoms with Gasteiger partial charge < -0.3 is 28.1 Å².